The second-order valence-electron chi connectivity index (χ2n) is 2.19. The number of allylic oxidation sites excluding steroid dienone is 1. The van der Waals surface area contributed by atoms with E-state index in [0.29, 0.717) is 0 Å². The monoisotopic (exact) mass is 122 g/mol. The van der Waals surface area contributed by atoms with Crippen molar-refractivity contribution in [2.24, 2.45) is 0 Å². The predicted molar refractivity (Wildman–Crippen MR) is 35.6 cm³/mol. The minimum absolute atomic E-state index is 1.12. The van der Waals surface area contributed by atoms with E-state index in [2.05, 4.69) is 4.90 Å². The Kier molecular flexibility index (Phi) is 2.14. The number of hydrogen-bond donors (Lipinski definition) is 0. The van der Waals surface area contributed by atoms with E-state index in [1.54, 1.807) is 0 Å². The summed E-state index contributed by atoms with van der Waals surface area (Å²) in [6, 6.07) is 1.97. The van der Waals surface area contributed by atoms with Gasteiger partial charge in [-0.2, -0.15) is 5.26 Å². The summed E-state index contributed by atoms with van der Waals surface area (Å²) in [7, 11) is 0. The highest BCUT2D eigenvalue weighted by atomic mass is 15.1. The van der Waals surface area contributed by atoms with E-state index >= 15 is 0 Å². The maximum atomic E-state index is 8.16. The van der Waals surface area contributed by atoms with Crippen molar-refractivity contribution in [1.82, 2.24) is 4.90 Å². The van der Waals surface area contributed by atoms with Crippen LogP contribution in [0.4, 0.5) is 0 Å². The standard InChI is InChI=1S/C7H10N2/c8-4-3-7-9-5-1-2-6-9/h3,7H,1-2,5-6H2/b7-3+. The van der Waals surface area contributed by atoms with Gasteiger partial charge in [-0.05, 0) is 12.8 Å². The molecule has 1 heterocycles. The van der Waals surface area contributed by atoms with Crippen molar-refractivity contribution in [3.05, 3.63) is 12.3 Å². The van der Waals surface area contributed by atoms with Crippen molar-refractivity contribution < 1.29 is 0 Å². The van der Waals surface area contributed by atoms with Crippen LogP contribution < -0.4 is 0 Å². The first kappa shape index (κ1) is 6.15. The molecule has 48 valence electrons. The molecule has 2 heteroatoms. The SMILES string of the molecule is N#C/C=C/N1CCCC1. The summed E-state index contributed by atoms with van der Waals surface area (Å²) in [4.78, 5) is 2.17. The quantitative estimate of drug-likeness (QED) is 0.487. The fourth-order valence-electron chi connectivity index (χ4n) is 1.03. The Morgan fingerprint density at radius 3 is 2.56 bits per heavy atom. The van der Waals surface area contributed by atoms with Gasteiger partial charge >= 0.3 is 0 Å². The van der Waals surface area contributed by atoms with Crippen molar-refractivity contribution in [2.75, 3.05) is 13.1 Å². The molecule has 1 saturated heterocycles. The first-order valence-electron chi connectivity index (χ1n) is 3.24. The van der Waals surface area contributed by atoms with Crippen LogP contribution >= 0.6 is 0 Å². The van der Waals surface area contributed by atoms with Gasteiger partial charge in [0.05, 0.1) is 6.07 Å². The molecular formula is C7H10N2. The van der Waals surface area contributed by atoms with Crippen LogP contribution in [0.2, 0.25) is 0 Å². The molecule has 0 atom stereocenters. The van der Waals surface area contributed by atoms with Gasteiger partial charge in [-0.3, -0.25) is 0 Å². The molecular weight excluding hydrogens is 112 g/mol. The highest BCUT2D eigenvalue weighted by Crippen LogP contribution is 2.06. The normalized spacial score (nSPS) is 18.8. The Morgan fingerprint density at radius 1 is 1.33 bits per heavy atom. The van der Waals surface area contributed by atoms with Gasteiger partial charge in [0.2, 0.25) is 0 Å². The van der Waals surface area contributed by atoms with Gasteiger partial charge in [-0.15, -0.1) is 0 Å². The van der Waals surface area contributed by atoms with Crippen LogP contribution in [0.25, 0.3) is 0 Å². The molecule has 0 radical (unpaired) electrons. The van der Waals surface area contributed by atoms with E-state index < -0.39 is 0 Å². The smallest absolute Gasteiger partial charge is 0.0927 e. The lowest BCUT2D eigenvalue weighted by atomic mass is 10.4. The molecule has 1 rings (SSSR count). The lowest BCUT2D eigenvalue weighted by Gasteiger charge is -2.07. The number of likely N-dealkylation sites (tertiary alicyclic amines) is 1. The largest absolute Gasteiger partial charge is 0.377 e. The fraction of sp³-hybridized carbons (Fsp3) is 0.571. The summed E-state index contributed by atoms with van der Waals surface area (Å²) in [5.74, 6) is 0. The molecule has 0 spiro atoms. The van der Waals surface area contributed by atoms with Gasteiger partial charge in [0.15, 0.2) is 0 Å². The number of hydrogen-bond acceptors (Lipinski definition) is 2. The molecule has 1 aliphatic heterocycles. The van der Waals surface area contributed by atoms with Crippen LogP contribution in [0.3, 0.4) is 0 Å². The fourth-order valence-corrected chi connectivity index (χ4v) is 1.03. The Hall–Kier alpha value is -0.970. The lowest BCUT2D eigenvalue weighted by Crippen LogP contribution is -2.09. The molecule has 0 aliphatic carbocycles. The molecule has 2 nitrogen and oxygen atoms in total. The van der Waals surface area contributed by atoms with E-state index in [0.717, 1.165) is 13.1 Å². The zero-order valence-corrected chi connectivity index (χ0v) is 5.38. The van der Waals surface area contributed by atoms with Crippen LogP contribution in [0.1, 0.15) is 12.8 Å². The minimum Gasteiger partial charge on any atom is -0.377 e. The lowest BCUT2D eigenvalue weighted by molar-refractivity contribution is 0.468. The van der Waals surface area contributed by atoms with Crippen LogP contribution in [-0.4, -0.2) is 18.0 Å². The zero-order valence-electron chi connectivity index (χ0n) is 5.38. The van der Waals surface area contributed by atoms with Crippen LogP contribution in [0.5, 0.6) is 0 Å². The highest BCUT2D eigenvalue weighted by Gasteiger charge is 2.05. The van der Waals surface area contributed by atoms with Crippen molar-refractivity contribution in [3.63, 3.8) is 0 Å². The number of nitrogens with zero attached hydrogens (tertiary/aromatic N) is 2. The Balaban J connectivity index is 2.28. The van der Waals surface area contributed by atoms with Crippen molar-refractivity contribution >= 4 is 0 Å². The minimum atomic E-state index is 1.12. The molecule has 0 aromatic carbocycles. The third-order valence-corrected chi connectivity index (χ3v) is 1.50. The number of nitriles is 1. The van der Waals surface area contributed by atoms with E-state index in [-0.39, 0.29) is 0 Å². The average molecular weight is 122 g/mol. The van der Waals surface area contributed by atoms with Crippen LogP contribution in [0.15, 0.2) is 12.3 Å². The topological polar surface area (TPSA) is 27.0 Å². The third-order valence-electron chi connectivity index (χ3n) is 1.50. The molecule has 9 heavy (non-hydrogen) atoms. The van der Waals surface area contributed by atoms with Gasteiger partial charge in [0.25, 0.3) is 0 Å². The third kappa shape index (κ3) is 1.77. The molecule has 0 unspecified atom stereocenters. The molecule has 0 amide bonds. The van der Waals surface area contributed by atoms with E-state index in [4.69, 9.17) is 5.26 Å². The molecule has 0 saturated carbocycles. The summed E-state index contributed by atoms with van der Waals surface area (Å²) < 4.78 is 0. The highest BCUT2D eigenvalue weighted by molar-refractivity contribution is 5.01. The maximum absolute atomic E-state index is 8.16. The first-order chi connectivity index (χ1) is 4.43. The van der Waals surface area contributed by atoms with Gasteiger partial charge < -0.3 is 4.90 Å². The maximum Gasteiger partial charge on any atom is 0.0927 e. The van der Waals surface area contributed by atoms with Gasteiger partial charge in [-0.1, -0.05) is 0 Å². The van der Waals surface area contributed by atoms with Crippen molar-refractivity contribution in [3.8, 4) is 6.07 Å². The summed E-state index contributed by atoms with van der Waals surface area (Å²) in [6.45, 7) is 2.25. The first-order valence-corrected chi connectivity index (χ1v) is 3.24. The van der Waals surface area contributed by atoms with Gasteiger partial charge in [-0.25, -0.2) is 0 Å². The van der Waals surface area contributed by atoms with Gasteiger partial charge in [0.1, 0.15) is 0 Å². The summed E-state index contributed by atoms with van der Waals surface area (Å²) in [5.41, 5.74) is 0. The Bertz CT molecular complexity index is 137. The Labute approximate surface area is 55.4 Å². The molecule has 0 aromatic rings. The molecule has 0 bridgehead atoms. The summed E-state index contributed by atoms with van der Waals surface area (Å²) >= 11 is 0. The second-order valence-corrected chi connectivity index (χ2v) is 2.19. The number of rotatable bonds is 1. The summed E-state index contributed by atoms with van der Waals surface area (Å²) in [5, 5.41) is 8.16. The average Bonchev–Trinajstić information content (AvgIpc) is 2.34. The predicted octanol–water partition coefficient (Wildman–Crippen LogP) is 1.12. The van der Waals surface area contributed by atoms with Gasteiger partial charge in [0, 0.05) is 25.4 Å². The molecule has 1 fully saturated rings. The van der Waals surface area contributed by atoms with E-state index in [1.165, 1.54) is 18.9 Å². The second kappa shape index (κ2) is 3.13. The van der Waals surface area contributed by atoms with E-state index in [9.17, 15) is 0 Å². The van der Waals surface area contributed by atoms with Crippen LogP contribution in [-0.2, 0) is 0 Å². The van der Waals surface area contributed by atoms with Crippen molar-refractivity contribution in [2.45, 2.75) is 12.8 Å². The zero-order chi connectivity index (χ0) is 6.53. The molecule has 0 N–H and O–H groups in total. The molecule has 0 aromatic heterocycles. The van der Waals surface area contributed by atoms with Crippen LogP contribution in [0, 0.1) is 11.3 Å². The van der Waals surface area contributed by atoms with E-state index in [1.807, 2.05) is 12.3 Å². The Morgan fingerprint density at radius 2 is 2.00 bits per heavy atom. The molecule has 1 aliphatic rings. The summed E-state index contributed by atoms with van der Waals surface area (Å²) in [6.07, 6.45) is 5.95. The van der Waals surface area contributed by atoms with Crippen molar-refractivity contribution in [1.29, 1.82) is 5.26 Å².